The molecular weight excluding hydrogens is 679 g/mol. The summed E-state index contributed by atoms with van der Waals surface area (Å²) in [5, 5.41) is 9.46. The Morgan fingerprint density at radius 2 is 0.929 bits per heavy atom. The first-order valence-electron chi connectivity index (χ1n) is 19.2. The number of furan rings is 1. The monoisotopic (exact) mass is 713 g/mol. The molecular formula is C54H35NO. The maximum absolute atomic E-state index is 6.69. The first-order chi connectivity index (χ1) is 27.7. The van der Waals surface area contributed by atoms with Crippen LogP contribution < -0.4 is 4.90 Å². The van der Waals surface area contributed by atoms with E-state index in [2.05, 4.69) is 217 Å². The van der Waals surface area contributed by atoms with E-state index in [9.17, 15) is 0 Å². The summed E-state index contributed by atoms with van der Waals surface area (Å²) in [7, 11) is 0. The summed E-state index contributed by atoms with van der Waals surface area (Å²) < 4.78 is 6.69. The standard InChI is InChI=1S/C54H35NO/c1-2-14-40-33-43(26-25-36(40)11-1)42-17-8-19-46(35-42)55(51-23-10-24-52-53(51)50-32-29-39-13-4-6-21-49(39)54(50)56-52)45-30-27-37(28-31-45)41-16-7-18-44(34-41)48-22-9-15-38-12-3-5-20-47(38)48/h1-35H. The molecule has 0 saturated carbocycles. The summed E-state index contributed by atoms with van der Waals surface area (Å²) in [6.07, 6.45) is 0. The van der Waals surface area contributed by atoms with Crippen molar-refractivity contribution < 1.29 is 4.42 Å². The first kappa shape index (κ1) is 32.0. The van der Waals surface area contributed by atoms with E-state index >= 15 is 0 Å². The van der Waals surface area contributed by atoms with Gasteiger partial charge in [0.25, 0.3) is 0 Å². The lowest BCUT2D eigenvalue weighted by Gasteiger charge is -2.27. The minimum Gasteiger partial charge on any atom is -0.455 e. The zero-order chi connectivity index (χ0) is 37.0. The summed E-state index contributed by atoms with van der Waals surface area (Å²) in [6.45, 7) is 0. The molecule has 1 heterocycles. The second-order valence-electron chi connectivity index (χ2n) is 14.5. The van der Waals surface area contributed by atoms with Crippen molar-refractivity contribution in [3.63, 3.8) is 0 Å². The third-order valence-electron chi connectivity index (χ3n) is 11.2. The van der Waals surface area contributed by atoms with Gasteiger partial charge in [0, 0.05) is 22.1 Å². The van der Waals surface area contributed by atoms with Crippen molar-refractivity contribution in [3.05, 3.63) is 212 Å². The van der Waals surface area contributed by atoms with Crippen molar-refractivity contribution >= 4 is 71.3 Å². The van der Waals surface area contributed by atoms with Crippen LogP contribution in [0.5, 0.6) is 0 Å². The molecule has 0 spiro atoms. The fraction of sp³-hybridized carbons (Fsp3) is 0. The SMILES string of the molecule is c1cc(-c2ccc(N(c3cccc(-c4ccc5ccccc5c4)c3)c3cccc4oc5c6ccccc6ccc5c34)cc2)cc(-c2cccc3ccccc23)c1. The third-order valence-corrected chi connectivity index (χ3v) is 11.2. The van der Waals surface area contributed by atoms with Crippen LogP contribution in [-0.4, -0.2) is 0 Å². The lowest BCUT2D eigenvalue weighted by molar-refractivity contribution is 0.672. The van der Waals surface area contributed by atoms with Crippen molar-refractivity contribution in [2.45, 2.75) is 0 Å². The summed E-state index contributed by atoms with van der Waals surface area (Å²) in [5.41, 5.74) is 12.1. The van der Waals surface area contributed by atoms with E-state index in [0.29, 0.717) is 0 Å². The van der Waals surface area contributed by atoms with Crippen molar-refractivity contribution in [2.75, 3.05) is 4.90 Å². The normalized spacial score (nSPS) is 11.6. The van der Waals surface area contributed by atoms with Crippen LogP contribution in [-0.2, 0) is 0 Å². The van der Waals surface area contributed by atoms with E-state index in [1.165, 1.54) is 54.7 Å². The quantitative estimate of drug-likeness (QED) is 0.171. The predicted molar refractivity (Wildman–Crippen MR) is 237 cm³/mol. The van der Waals surface area contributed by atoms with Crippen molar-refractivity contribution in [2.24, 2.45) is 0 Å². The van der Waals surface area contributed by atoms with Gasteiger partial charge in [-0.1, -0.05) is 158 Å². The smallest absolute Gasteiger partial charge is 0.143 e. The maximum Gasteiger partial charge on any atom is 0.143 e. The van der Waals surface area contributed by atoms with E-state index in [0.717, 1.165) is 50.0 Å². The van der Waals surface area contributed by atoms with Crippen LogP contribution in [0.1, 0.15) is 0 Å². The molecule has 2 nitrogen and oxygen atoms in total. The number of anilines is 3. The maximum atomic E-state index is 6.69. The Labute approximate surface area is 325 Å². The molecule has 0 unspecified atom stereocenters. The van der Waals surface area contributed by atoms with Gasteiger partial charge in [-0.15, -0.1) is 0 Å². The number of benzene rings is 10. The highest BCUT2D eigenvalue weighted by Gasteiger charge is 2.21. The Hall–Kier alpha value is -7.42. The van der Waals surface area contributed by atoms with Gasteiger partial charge in [-0.25, -0.2) is 0 Å². The molecule has 1 aromatic heterocycles. The van der Waals surface area contributed by atoms with Gasteiger partial charge in [0.1, 0.15) is 11.2 Å². The van der Waals surface area contributed by atoms with E-state index < -0.39 is 0 Å². The van der Waals surface area contributed by atoms with Gasteiger partial charge in [0.2, 0.25) is 0 Å². The summed E-state index contributed by atoms with van der Waals surface area (Å²) in [6, 6.07) is 76.5. The largest absolute Gasteiger partial charge is 0.455 e. The molecule has 0 saturated heterocycles. The van der Waals surface area contributed by atoms with E-state index in [-0.39, 0.29) is 0 Å². The number of fused-ring (bicyclic) bond motifs is 7. The fourth-order valence-electron chi connectivity index (χ4n) is 8.49. The third kappa shape index (κ3) is 5.42. The van der Waals surface area contributed by atoms with Crippen molar-refractivity contribution in [1.82, 2.24) is 0 Å². The Balaban J connectivity index is 1.06. The molecule has 0 N–H and O–H groups in total. The zero-order valence-corrected chi connectivity index (χ0v) is 30.6. The highest BCUT2D eigenvalue weighted by atomic mass is 16.3. The topological polar surface area (TPSA) is 16.4 Å². The average molecular weight is 714 g/mol. The zero-order valence-electron chi connectivity index (χ0n) is 30.6. The van der Waals surface area contributed by atoms with Gasteiger partial charge in [-0.05, 0) is 115 Å². The highest BCUT2D eigenvalue weighted by molar-refractivity contribution is 6.19. The molecule has 10 aromatic carbocycles. The second kappa shape index (κ2) is 13.2. The molecule has 11 aromatic rings. The van der Waals surface area contributed by atoms with Gasteiger partial charge in [0.15, 0.2) is 0 Å². The second-order valence-corrected chi connectivity index (χ2v) is 14.5. The molecule has 11 rings (SSSR count). The number of rotatable bonds is 6. The molecule has 0 radical (unpaired) electrons. The van der Waals surface area contributed by atoms with Crippen LogP contribution >= 0.6 is 0 Å². The fourth-order valence-corrected chi connectivity index (χ4v) is 8.49. The van der Waals surface area contributed by atoms with Crippen molar-refractivity contribution in [1.29, 1.82) is 0 Å². The van der Waals surface area contributed by atoms with Gasteiger partial charge >= 0.3 is 0 Å². The Kier molecular flexibility index (Phi) is 7.53. The molecule has 0 fully saturated rings. The summed E-state index contributed by atoms with van der Waals surface area (Å²) in [4.78, 5) is 2.38. The molecule has 262 valence electrons. The first-order valence-corrected chi connectivity index (χ1v) is 19.2. The average Bonchev–Trinajstić information content (AvgIpc) is 3.67. The molecule has 0 aliphatic rings. The van der Waals surface area contributed by atoms with Crippen LogP contribution in [0.15, 0.2) is 217 Å². The van der Waals surface area contributed by atoms with E-state index in [1.807, 2.05) is 0 Å². The molecule has 0 amide bonds. The van der Waals surface area contributed by atoms with Crippen LogP contribution in [0.2, 0.25) is 0 Å². The Bertz CT molecular complexity index is 3260. The molecule has 56 heavy (non-hydrogen) atoms. The molecule has 0 atom stereocenters. The van der Waals surface area contributed by atoms with Gasteiger partial charge in [-0.3, -0.25) is 0 Å². The Morgan fingerprint density at radius 1 is 0.321 bits per heavy atom. The van der Waals surface area contributed by atoms with Gasteiger partial charge in [-0.2, -0.15) is 0 Å². The highest BCUT2D eigenvalue weighted by Crippen LogP contribution is 2.45. The lowest BCUT2D eigenvalue weighted by atomic mass is 9.95. The number of hydrogen-bond donors (Lipinski definition) is 0. The van der Waals surface area contributed by atoms with Gasteiger partial charge < -0.3 is 9.32 Å². The number of nitrogens with zero attached hydrogens (tertiary/aromatic N) is 1. The molecule has 0 bridgehead atoms. The Morgan fingerprint density at radius 3 is 1.79 bits per heavy atom. The van der Waals surface area contributed by atoms with Crippen LogP contribution in [0, 0.1) is 0 Å². The van der Waals surface area contributed by atoms with Crippen LogP contribution in [0.4, 0.5) is 17.1 Å². The van der Waals surface area contributed by atoms with Crippen molar-refractivity contribution in [3.8, 4) is 33.4 Å². The summed E-state index contributed by atoms with van der Waals surface area (Å²) in [5.74, 6) is 0. The number of hydrogen-bond acceptors (Lipinski definition) is 2. The van der Waals surface area contributed by atoms with E-state index in [1.54, 1.807) is 0 Å². The van der Waals surface area contributed by atoms with Crippen LogP contribution in [0.25, 0.3) is 87.6 Å². The van der Waals surface area contributed by atoms with Gasteiger partial charge in [0.05, 0.1) is 11.1 Å². The molecule has 0 aliphatic heterocycles. The molecule has 0 aliphatic carbocycles. The minimum absolute atomic E-state index is 0.867. The summed E-state index contributed by atoms with van der Waals surface area (Å²) >= 11 is 0. The minimum atomic E-state index is 0.867. The van der Waals surface area contributed by atoms with Crippen LogP contribution in [0.3, 0.4) is 0 Å². The molecule has 2 heteroatoms. The van der Waals surface area contributed by atoms with E-state index in [4.69, 9.17) is 4.42 Å². The lowest BCUT2D eigenvalue weighted by Crippen LogP contribution is -2.10. The predicted octanol–water partition coefficient (Wildman–Crippen LogP) is 15.5.